The van der Waals surface area contributed by atoms with E-state index in [2.05, 4.69) is 25.7 Å². The van der Waals surface area contributed by atoms with E-state index in [4.69, 9.17) is 20.4 Å². The van der Waals surface area contributed by atoms with Crippen LogP contribution in [0.4, 0.5) is 0 Å². The van der Waals surface area contributed by atoms with Crippen molar-refractivity contribution in [1.29, 1.82) is 0 Å². The average Bonchev–Trinajstić information content (AvgIpc) is 2.69. The Kier molecular flexibility index (Phi) is 112. The molecule has 0 aromatic carbocycles. The van der Waals surface area contributed by atoms with Crippen molar-refractivity contribution in [2.75, 3.05) is 28.4 Å². The molecule has 142 valence electrons. The summed E-state index contributed by atoms with van der Waals surface area (Å²) in [5, 5.41) is 33.0. The fraction of sp³-hybridized carbons (Fsp3) is 1.00. The van der Waals surface area contributed by atoms with Crippen molar-refractivity contribution in [3.05, 3.63) is 0 Å². The molecule has 0 aromatic heterocycles. The van der Waals surface area contributed by atoms with Crippen LogP contribution in [-0.4, -0.2) is 70.7 Å². The van der Waals surface area contributed by atoms with Crippen LogP contribution in [0.5, 0.6) is 0 Å². The van der Waals surface area contributed by atoms with Crippen LogP contribution >= 0.6 is 0 Å². The van der Waals surface area contributed by atoms with E-state index in [-0.39, 0.29) is 0 Å². The Balaban J connectivity index is -0.0000000611. The first-order chi connectivity index (χ1) is 11.3. The molecule has 0 heterocycles. The van der Waals surface area contributed by atoms with E-state index in [0.717, 1.165) is 28.4 Å². The first kappa shape index (κ1) is 39.5. The topological polar surface area (TPSA) is 92.2 Å². The maximum absolute atomic E-state index is 8.25. The van der Waals surface area contributed by atoms with Crippen molar-refractivity contribution >= 4 is 42.3 Å². The van der Waals surface area contributed by atoms with Crippen molar-refractivity contribution in [3.8, 4) is 0 Å². The van der Waals surface area contributed by atoms with Crippen LogP contribution in [0.25, 0.3) is 0 Å². The van der Waals surface area contributed by atoms with Gasteiger partial charge in [0.2, 0.25) is 0 Å². The second kappa shape index (κ2) is 65.3. The van der Waals surface area contributed by atoms with Gasteiger partial charge in [0.15, 0.2) is 0 Å². The van der Waals surface area contributed by atoms with Crippen molar-refractivity contribution < 1.29 is 20.4 Å². The van der Waals surface area contributed by atoms with Gasteiger partial charge >= 0.3 is 120 Å². The SMILES string of the molecule is CCC[CH2][Sn+]([CH2]CCC)[CH2]CCC.C[O-].C[O-].C[O-].C[O-].[CH3][Sn+3]. The predicted octanol–water partition coefficient (Wildman–Crippen LogP) is 0.991. The van der Waals surface area contributed by atoms with Crippen molar-refractivity contribution in [2.24, 2.45) is 0 Å². The van der Waals surface area contributed by atoms with E-state index >= 15 is 0 Å². The molecule has 0 N–H and O–H groups in total. The van der Waals surface area contributed by atoms with E-state index in [9.17, 15) is 0 Å². The zero-order valence-electron chi connectivity index (χ0n) is 17.0. The van der Waals surface area contributed by atoms with Crippen LogP contribution in [0.3, 0.4) is 0 Å². The van der Waals surface area contributed by atoms with E-state index in [1.807, 2.05) is 0 Å². The Bertz CT molecular complexity index is 91.6. The molecule has 0 aliphatic carbocycles. The van der Waals surface area contributed by atoms with Gasteiger partial charge in [-0.2, -0.15) is 28.4 Å². The third-order valence-corrected chi connectivity index (χ3v) is 11.7. The molecular weight excluding hydrogens is 506 g/mol. The molecule has 0 spiro atoms. The Morgan fingerprint density at radius 1 is 0.522 bits per heavy atom. The number of unbranched alkanes of at least 4 members (excludes halogenated alkanes) is 3. The summed E-state index contributed by atoms with van der Waals surface area (Å²) in [7, 11) is 3.00. The van der Waals surface area contributed by atoms with Gasteiger partial charge in [0.1, 0.15) is 0 Å². The van der Waals surface area contributed by atoms with Gasteiger partial charge in [-0.05, 0) is 0 Å². The van der Waals surface area contributed by atoms with Crippen molar-refractivity contribution in [1.82, 2.24) is 0 Å². The maximum atomic E-state index is 8.25. The third-order valence-electron chi connectivity index (χ3n) is 2.65. The first-order valence-corrected chi connectivity index (χ1v) is 17.2. The Hall–Kier alpha value is 1.44. The zero-order valence-corrected chi connectivity index (χ0v) is 22.7. The van der Waals surface area contributed by atoms with Gasteiger partial charge in [0.25, 0.3) is 0 Å². The molecule has 0 fully saturated rings. The fourth-order valence-electron chi connectivity index (χ4n) is 1.66. The Labute approximate surface area is 167 Å². The minimum atomic E-state index is -0.839. The summed E-state index contributed by atoms with van der Waals surface area (Å²) in [5.41, 5.74) is 0. The van der Waals surface area contributed by atoms with Crippen LogP contribution in [-0.2, 0) is 0 Å². The van der Waals surface area contributed by atoms with Gasteiger partial charge in [-0.1, -0.05) is 0 Å². The molecule has 4 nitrogen and oxygen atoms in total. The van der Waals surface area contributed by atoms with Gasteiger partial charge in [0, 0.05) is 0 Å². The van der Waals surface area contributed by atoms with Gasteiger partial charge in [0.05, 0.1) is 0 Å². The summed E-state index contributed by atoms with van der Waals surface area (Å²) >= 11 is 0.711. The quantitative estimate of drug-likeness (QED) is 0.403. The molecule has 0 saturated heterocycles. The van der Waals surface area contributed by atoms with Crippen LogP contribution in [0.15, 0.2) is 0 Å². The monoisotopic (exact) mass is 550 g/mol. The molecule has 0 saturated carbocycles. The number of hydrogen-bond donors (Lipinski definition) is 0. The van der Waals surface area contributed by atoms with E-state index in [0.29, 0.717) is 0 Å². The molecule has 0 radical (unpaired) electrons. The van der Waals surface area contributed by atoms with Crippen LogP contribution in [0, 0.1) is 0 Å². The molecule has 0 rings (SSSR count). The second-order valence-electron chi connectivity index (χ2n) is 4.06. The predicted molar refractivity (Wildman–Crippen MR) is 100 cm³/mol. The Morgan fingerprint density at radius 2 is 0.696 bits per heavy atom. The molecule has 0 unspecified atom stereocenters. The summed E-state index contributed by atoms with van der Waals surface area (Å²) in [6, 6.07) is 0. The second-order valence-corrected chi connectivity index (χ2v) is 12.6. The van der Waals surface area contributed by atoms with Crippen LogP contribution < -0.4 is 20.4 Å². The van der Waals surface area contributed by atoms with Crippen molar-refractivity contribution in [3.63, 3.8) is 0 Å². The van der Waals surface area contributed by atoms with E-state index in [1.54, 1.807) is 35.8 Å². The van der Waals surface area contributed by atoms with E-state index < -0.39 is 19.8 Å². The summed E-state index contributed by atoms with van der Waals surface area (Å²) in [6.45, 7) is 7.00. The molecule has 0 bridgehead atoms. The van der Waals surface area contributed by atoms with Gasteiger partial charge < -0.3 is 20.4 Å². The van der Waals surface area contributed by atoms with Gasteiger partial charge in [-0.15, -0.1) is 0 Å². The van der Waals surface area contributed by atoms with Gasteiger partial charge in [-0.25, -0.2) is 0 Å². The first-order valence-electron chi connectivity index (χ1n) is 8.31. The molecule has 0 atom stereocenters. The molecular formula is C17H42O4Sn2. The van der Waals surface area contributed by atoms with E-state index in [1.165, 1.54) is 38.5 Å². The standard InChI is InChI=1S/3C4H9.4CH3O.CH3.2Sn/c3*1-3-4-2;4*1-2;;;/h3*1,3-4H2,2H3;4*1H3;1H3;;/q;;;4*-1;;+1;+3. The van der Waals surface area contributed by atoms with Crippen LogP contribution in [0.2, 0.25) is 18.2 Å². The Morgan fingerprint density at radius 3 is 0.826 bits per heavy atom. The number of rotatable bonds is 9. The summed E-state index contributed by atoms with van der Waals surface area (Å²) < 4.78 is 5.04. The fourth-order valence-corrected chi connectivity index (χ4v) is 11.1. The normalized spacial score (nSPS) is 7.22. The molecule has 0 aliphatic heterocycles. The third kappa shape index (κ3) is 59.7. The summed E-state index contributed by atoms with van der Waals surface area (Å²) in [5.74, 6) is 0. The molecule has 0 aliphatic rings. The number of hydrogen-bond acceptors (Lipinski definition) is 4. The average molecular weight is 548 g/mol. The van der Waals surface area contributed by atoms with Crippen molar-refractivity contribution in [2.45, 2.75) is 77.5 Å². The molecule has 0 aromatic rings. The van der Waals surface area contributed by atoms with Crippen LogP contribution in [0.1, 0.15) is 59.3 Å². The molecule has 0 amide bonds. The summed E-state index contributed by atoms with van der Waals surface area (Å²) in [6.07, 6.45) is 8.85. The summed E-state index contributed by atoms with van der Waals surface area (Å²) in [4.78, 5) is 2.09. The molecule has 6 heteroatoms. The molecule has 23 heavy (non-hydrogen) atoms. The zero-order chi connectivity index (χ0) is 19.9. The van der Waals surface area contributed by atoms with Gasteiger partial charge in [-0.3, -0.25) is 0 Å². The minimum absolute atomic E-state index is 0.750.